The van der Waals surface area contributed by atoms with Crippen molar-refractivity contribution in [2.45, 2.75) is 20.4 Å². The van der Waals surface area contributed by atoms with E-state index in [1.54, 1.807) is 30.7 Å². The number of hydrazine groups is 1. The minimum atomic E-state index is -0.433. The van der Waals surface area contributed by atoms with Crippen LogP contribution in [-0.4, -0.2) is 26.6 Å². The molecule has 27 heavy (non-hydrogen) atoms. The van der Waals surface area contributed by atoms with E-state index in [-0.39, 0.29) is 0 Å². The van der Waals surface area contributed by atoms with E-state index in [0.29, 0.717) is 34.1 Å². The lowest BCUT2D eigenvalue weighted by Crippen LogP contribution is -2.42. The van der Waals surface area contributed by atoms with Crippen LogP contribution in [0.3, 0.4) is 0 Å². The smallest absolute Gasteiger partial charge is 0.267 e. The van der Waals surface area contributed by atoms with Gasteiger partial charge < -0.3 is 0 Å². The van der Waals surface area contributed by atoms with E-state index in [9.17, 15) is 9.59 Å². The Bertz CT molecular complexity index is 985. The van der Waals surface area contributed by atoms with Gasteiger partial charge in [-0.15, -0.1) is 0 Å². The number of nitrogens with zero attached hydrogens (tertiary/aromatic N) is 3. The minimum Gasteiger partial charge on any atom is -0.267 e. The van der Waals surface area contributed by atoms with E-state index in [1.165, 1.54) is 12.4 Å². The average Bonchev–Trinajstić information content (AvgIpc) is 2.95. The molecule has 0 aliphatic carbocycles. The molecule has 0 unspecified atom stereocenters. The van der Waals surface area contributed by atoms with Crippen molar-refractivity contribution in [3.8, 4) is 0 Å². The second-order valence-corrected chi connectivity index (χ2v) is 6.35. The monoisotopic (exact) mass is 383 g/mol. The van der Waals surface area contributed by atoms with E-state index in [2.05, 4.69) is 20.9 Å². The van der Waals surface area contributed by atoms with Crippen LogP contribution in [0.5, 0.6) is 0 Å². The summed E-state index contributed by atoms with van der Waals surface area (Å²) in [7, 11) is 0. The van der Waals surface area contributed by atoms with Crippen LogP contribution in [0, 0.1) is 13.8 Å². The van der Waals surface area contributed by atoms with Crippen LogP contribution in [-0.2, 0) is 6.54 Å². The molecule has 3 rings (SSSR count). The Kier molecular flexibility index (Phi) is 5.52. The maximum atomic E-state index is 12.5. The molecule has 1 aromatic carbocycles. The molecule has 0 aliphatic rings. The van der Waals surface area contributed by atoms with Crippen molar-refractivity contribution in [1.29, 1.82) is 0 Å². The van der Waals surface area contributed by atoms with Gasteiger partial charge in [-0.3, -0.25) is 30.1 Å². The molecule has 2 amide bonds. The summed E-state index contributed by atoms with van der Waals surface area (Å²) in [4.78, 5) is 28.4. The van der Waals surface area contributed by atoms with E-state index < -0.39 is 11.8 Å². The summed E-state index contributed by atoms with van der Waals surface area (Å²) >= 11 is 6.21. The van der Waals surface area contributed by atoms with Gasteiger partial charge in [-0.1, -0.05) is 29.8 Å². The molecule has 0 saturated heterocycles. The largest absolute Gasteiger partial charge is 0.273 e. The number of nitrogens with one attached hydrogen (secondary N) is 2. The van der Waals surface area contributed by atoms with Crippen LogP contribution < -0.4 is 10.9 Å². The van der Waals surface area contributed by atoms with Crippen molar-refractivity contribution in [1.82, 2.24) is 25.6 Å². The maximum Gasteiger partial charge on any atom is 0.273 e. The quantitative estimate of drug-likeness (QED) is 0.678. The van der Waals surface area contributed by atoms with E-state index in [0.717, 1.165) is 5.56 Å². The summed E-state index contributed by atoms with van der Waals surface area (Å²) in [6, 6.07) is 10.6. The van der Waals surface area contributed by atoms with Gasteiger partial charge in [-0.05, 0) is 37.6 Å². The van der Waals surface area contributed by atoms with Gasteiger partial charge in [0.05, 0.1) is 17.8 Å². The van der Waals surface area contributed by atoms with Crippen molar-refractivity contribution in [2.24, 2.45) is 0 Å². The Morgan fingerprint density at radius 3 is 2.41 bits per heavy atom. The van der Waals surface area contributed by atoms with Crippen LogP contribution in [0.2, 0.25) is 5.02 Å². The van der Waals surface area contributed by atoms with Gasteiger partial charge in [0.15, 0.2) is 0 Å². The first-order valence-corrected chi connectivity index (χ1v) is 8.63. The van der Waals surface area contributed by atoms with Gasteiger partial charge in [0.25, 0.3) is 11.8 Å². The lowest BCUT2D eigenvalue weighted by Gasteiger charge is -2.09. The summed E-state index contributed by atoms with van der Waals surface area (Å²) in [5.41, 5.74) is 7.79. The molecule has 0 aliphatic heterocycles. The van der Waals surface area contributed by atoms with Gasteiger partial charge in [0, 0.05) is 28.7 Å². The van der Waals surface area contributed by atoms with Crippen LogP contribution in [0.15, 0.2) is 48.8 Å². The van der Waals surface area contributed by atoms with Crippen LogP contribution in [0.4, 0.5) is 0 Å². The van der Waals surface area contributed by atoms with Gasteiger partial charge in [0.1, 0.15) is 0 Å². The first kappa shape index (κ1) is 18.6. The number of pyridine rings is 1. The molecule has 0 bridgehead atoms. The van der Waals surface area contributed by atoms with Crippen molar-refractivity contribution in [2.75, 3.05) is 0 Å². The van der Waals surface area contributed by atoms with Crippen LogP contribution >= 0.6 is 11.6 Å². The number of halogens is 1. The van der Waals surface area contributed by atoms with Crippen LogP contribution in [0.25, 0.3) is 0 Å². The average molecular weight is 384 g/mol. The predicted octanol–water partition coefficient (Wildman–Crippen LogP) is 2.67. The molecule has 2 aromatic heterocycles. The fraction of sp³-hybridized carbons (Fsp3) is 0.158. The fourth-order valence-corrected chi connectivity index (χ4v) is 2.91. The number of aryl methyl sites for hydroxylation is 1. The zero-order valence-corrected chi connectivity index (χ0v) is 15.6. The molecule has 0 saturated carbocycles. The van der Waals surface area contributed by atoms with Crippen molar-refractivity contribution in [3.05, 3.63) is 81.9 Å². The predicted molar refractivity (Wildman–Crippen MR) is 101 cm³/mol. The summed E-state index contributed by atoms with van der Waals surface area (Å²) in [6.45, 7) is 4.00. The Balaban J connectivity index is 1.73. The standard InChI is InChI=1S/C19H18ClN5O2/c1-12-17(19(27)23-22-18(26)14-7-9-21-10-8-14)13(2)25(24-12)11-15-5-3-4-6-16(15)20/h3-10H,11H2,1-2H3,(H,22,26)(H,23,27). The molecule has 0 atom stereocenters. The zero-order chi connectivity index (χ0) is 19.4. The van der Waals surface area contributed by atoms with Gasteiger partial charge >= 0.3 is 0 Å². The summed E-state index contributed by atoms with van der Waals surface area (Å²) in [6.07, 6.45) is 3.01. The number of hydrogen-bond donors (Lipinski definition) is 2. The summed E-state index contributed by atoms with van der Waals surface area (Å²) in [5, 5.41) is 5.07. The molecule has 138 valence electrons. The first-order valence-electron chi connectivity index (χ1n) is 8.25. The van der Waals surface area contributed by atoms with Crippen molar-refractivity contribution >= 4 is 23.4 Å². The van der Waals surface area contributed by atoms with Gasteiger partial charge in [-0.25, -0.2) is 0 Å². The highest BCUT2D eigenvalue weighted by atomic mass is 35.5. The number of aromatic nitrogens is 3. The molecule has 0 fully saturated rings. The molecule has 2 heterocycles. The highest BCUT2D eigenvalue weighted by Gasteiger charge is 2.19. The molecular weight excluding hydrogens is 366 g/mol. The number of benzene rings is 1. The van der Waals surface area contributed by atoms with Gasteiger partial charge in [-0.2, -0.15) is 5.10 Å². The SMILES string of the molecule is Cc1nn(Cc2ccccc2Cl)c(C)c1C(=O)NNC(=O)c1ccncc1. The van der Waals surface area contributed by atoms with Crippen molar-refractivity contribution < 1.29 is 9.59 Å². The normalized spacial score (nSPS) is 10.5. The number of carbonyl (C=O) groups excluding carboxylic acids is 2. The molecule has 7 nitrogen and oxygen atoms in total. The second-order valence-electron chi connectivity index (χ2n) is 5.94. The Hall–Kier alpha value is -3.19. The molecular formula is C19H18ClN5O2. The molecule has 2 N–H and O–H groups in total. The second kappa shape index (κ2) is 8.01. The lowest BCUT2D eigenvalue weighted by atomic mass is 10.2. The maximum absolute atomic E-state index is 12.5. The number of hydrogen-bond acceptors (Lipinski definition) is 4. The third kappa shape index (κ3) is 4.15. The fourth-order valence-electron chi connectivity index (χ4n) is 2.72. The number of carbonyl (C=O) groups is 2. The number of amides is 2. The van der Waals surface area contributed by atoms with E-state index >= 15 is 0 Å². The highest BCUT2D eigenvalue weighted by molar-refractivity contribution is 6.31. The molecule has 8 heteroatoms. The van der Waals surface area contributed by atoms with Gasteiger partial charge in [0.2, 0.25) is 0 Å². The van der Waals surface area contributed by atoms with E-state index in [4.69, 9.17) is 11.6 Å². The third-order valence-corrected chi connectivity index (χ3v) is 4.49. The first-order chi connectivity index (χ1) is 13.0. The van der Waals surface area contributed by atoms with E-state index in [1.807, 2.05) is 24.3 Å². The topological polar surface area (TPSA) is 88.9 Å². The number of rotatable bonds is 4. The Morgan fingerprint density at radius 1 is 1.04 bits per heavy atom. The molecule has 0 radical (unpaired) electrons. The lowest BCUT2D eigenvalue weighted by molar-refractivity contribution is 0.0846. The summed E-state index contributed by atoms with van der Waals surface area (Å²) in [5.74, 6) is -0.859. The van der Waals surface area contributed by atoms with Crippen molar-refractivity contribution in [3.63, 3.8) is 0 Å². The highest BCUT2D eigenvalue weighted by Crippen LogP contribution is 2.19. The zero-order valence-electron chi connectivity index (χ0n) is 14.9. The Labute approximate surface area is 161 Å². The Morgan fingerprint density at radius 2 is 1.70 bits per heavy atom. The summed E-state index contributed by atoms with van der Waals surface area (Å²) < 4.78 is 1.72. The molecule has 0 spiro atoms. The minimum absolute atomic E-state index is 0.396. The third-order valence-electron chi connectivity index (χ3n) is 4.12. The van der Waals surface area contributed by atoms with Crippen LogP contribution in [0.1, 0.15) is 37.7 Å². The molecule has 3 aromatic rings.